The number of pyridine rings is 3. The van der Waals surface area contributed by atoms with Crippen LogP contribution in [0.25, 0.3) is 38.7 Å². The summed E-state index contributed by atoms with van der Waals surface area (Å²) in [5.41, 5.74) is 7.85. The molecule has 2 saturated heterocycles. The Morgan fingerprint density at radius 3 is 1.51 bits per heavy atom. The van der Waals surface area contributed by atoms with E-state index in [1.165, 1.54) is 55.9 Å². The summed E-state index contributed by atoms with van der Waals surface area (Å²) in [5.74, 6) is 7.99. The average Bonchev–Trinajstić information content (AvgIpc) is 1.63. The molecular weight excluding hydrogens is 1260 g/mol. The molecule has 12 heterocycles. The Balaban J connectivity index is 0.000000131. The molecule has 0 aromatic carbocycles. The van der Waals surface area contributed by atoms with Gasteiger partial charge in [-0.15, -0.1) is 0 Å². The number of carbonyl (C=O) groups is 1. The molecule has 1 amide bonds. The Morgan fingerprint density at radius 2 is 1.04 bits per heavy atom. The third-order valence-electron chi connectivity index (χ3n) is 20.0. The van der Waals surface area contributed by atoms with E-state index < -0.39 is 19.4 Å². The molecule has 26 heteroatoms. The van der Waals surface area contributed by atoms with Gasteiger partial charge in [-0.2, -0.15) is 15.0 Å². The first-order chi connectivity index (χ1) is 46.9. The molecule has 3 aliphatic carbocycles. The van der Waals surface area contributed by atoms with Crippen LogP contribution in [0.4, 0.5) is 41.0 Å². The molecule has 1 unspecified atom stereocenters. The largest absolute Gasteiger partial charge is 0.370 e. The molecule has 97 heavy (non-hydrogen) atoms. The lowest BCUT2D eigenvalue weighted by molar-refractivity contribution is 0.0815. The highest BCUT2D eigenvalue weighted by molar-refractivity contribution is 7.99. The molecule has 24 nitrogen and oxygen atoms in total. The molecule has 0 spiro atoms. The number of aromatic nitrogens is 12. The van der Waals surface area contributed by atoms with E-state index in [0.29, 0.717) is 75.7 Å². The minimum absolute atomic E-state index is 0.00566. The molecule has 9 aromatic rings. The quantitative estimate of drug-likeness (QED) is 0.0563. The highest BCUT2D eigenvalue weighted by atomic mass is 32.2. The van der Waals surface area contributed by atoms with Crippen molar-refractivity contribution in [1.29, 1.82) is 0 Å². The Labute approximate surface area is 569 Å². The number of hydrogen-bond donors (Lipinski definition) is 5. The Morgan fingerprint density at radius 1 is 0.546 bits per heavy atom. The molecular formula is C71H92N20O4S2. The molecule has 0 radical (unpaired) electrons. The van der Waals surface area contributed by atoms with Crippen LogP contribution in [0, 0.1) is 0 Å². The Kier molecular flexibility index (Phi) is 20.3. The zero-order valence-electron chi connectivity index (χ0n) is 56.8. The van der Waals surface area contributed by atoms with Crippen LogP contribution in [0.5, 0.6) is 0 Å². The van der Waals surface area contributed by atoms with Gasteiger partial charge in [0.05, 0.1) is 11.9 Å². The van der Waals surface area contributed by atoms with Crippen LogP contribution in [-0.4, -0.2) is 179 Å². The first-order valence-electron chi connectivity index (χ1n) is 34.5. The van der Waals surface area contributed by atoms with Crippen molar-refractivity contribution in [2.75, 3.05) is 101 Å². The minimum Gasteiger partial charge on any atom is -0.370 e. The fourth-order valence-electron chi connectivity index (χ4n) is 14.8. The molecule has 1 atom stereocenters. The van der Waals surface area contributed by atoms with Gasteiger partial charge in [0.25, 0.3) is 5.91 Å². The molecule has 512 valence electrons. The lowest BCUT2D eigenvalue weighted by Crippen LogP contribution is -2.42. The lowest BCUT2D eigenvalue weighted by Gasteiger charge is -2.36. The highest BCUT2D eigenvalue weighted by Gasteiger charge is 2.30. The minimum atomic E-state index is -3.36. The van der Waals surface area contributed by atoms with E-state index in [-0.39, 0.29) is 11.9 Å². The molecule has 5 fully saturated rings. The van der Waals surface area contributed by atoms with Crippen LogP contribution in [0.3, 0.4) is 0 Å². The third kappa shape index (κ3) is 15.5. The van der Waals surface area contributed by atoms with Crippen LogP contribution in [0.15, 0.2) is 108 Å². The molecule has 15 rings (SSSR count). The smallest absolute Gasteiger partial charge is 0.270 e. The summed E-state index contributed by atoms with van der Waals surface area (Å²) >= 11 is 0. The zero-order valence-corrected chi connectivity index (χ0v) is 58.4. The van der Waals surface area contributed by atoms with E-state index in [4.69, 9.17) is 9.97 Å². The van der Waals surface area contributed by atoms with Crippen molar-refractivity contribution in [2.24, 2.45) is 0 Å². The predicted octanol–water partition coefficient (Wildman–Crippen LogP) is 11.2. The van der Waals surface area contributed by atoms with Crippen molar-refractivity contribution in [3.05, 3.63) is 115 Å². The van der Waals surface area contributed by atoms with Crippen LogP contribution in [-0.2, 0) is 19.4 Å². The van der Waals surface area contributed by atoms with Gasteiger partial charge < -0.3 is 55.0 Å². The number of amides is 1. The first kappa shape index (κ1) is 67.2. The number of hydrogen-bond acceptors (Lipinski definition) is 20. The highest BCUT2D eigenvalue weighted by Crippen LogP contribution is 2.39. The number of nitrogens with zero attached hydrogens (tertiary/aromatic N) is 15. The van der Waals surface area contributed by atoms with Crippen molar-refractivity contribution in [1.82, 2.24) is 79.0 Å². The molecule has 6 aliphatic rings. The van der Waals surface area contributed by atoms with E-state index in [9.17, 15) is 17.4 Å². The second-order valence-corrected chi connectivity index (χ2v) is 31.8. The standard InChI is InChI=1S/C25H35N7OS.C24H29N7O.C22H28N6O2S/c1-30(2)19-11-13-31(14-12-19)21-9-10-22(26-17-21)28-25-27-16-18-15-23(34(3,4)33)32(24(18)29-25)20-7-5-6-8-20;1-30(2)23(32)20-13-18-15-27-24(29-22(18)31(20)19-5-3-4-6-19)28-21-8-7-17(14-26-21)16-9-11-25-12-10-16;1-31(29,30)20-12-17-14-25-22(27-21(17)28(20)18-4-2-3-5-18)26-19-7-6-16(13-24-19)15-8-10-23-11-9-15/h9-10,15-17,19-20H,3,5-8,11-14H2,1-2,4H3,(H,26,27,28,29);7-9,13-15,19,25H,3-6,10-12H2,1-2H3,(H,26,27,28,29);6-7,12-15,18,23H,2-5,8-11H2,1H3,(H,24,25,26,27). The number of carbonyl (C=O) groups excluding carboxylic acids is 1. The number of fused-ring (bicyclic) bond motifs is 3. The number of piperidine rings is 2. The number of sulfone groups is 1. The van der Waals surface area contributed by atoms with Gasteiger partial charge in [-0.3, -0.25) is 9.00 Å². The normalized spacial score (nSPS) is 18.4. The van der Waals surface area contributed by atoms with Gasteiger partial charge >= 0.3 is 0 Å². The maximum Gasteiger partial charge on any atom is 0.270 e. The van der Waals surface area contributed by atoms with Crippen molar-refractivity contribution in [2.45, 2.75) is 149 Å². The maximum atomic E-state index is 12.9. The topological polar surface area (TPSA) is 269 Å². The summed E-state index contributed by atoms with van der Waals surface area (Å²) in [6.07, 6.45) is 35.0. The Bertz CT molecular complexity index is 4500. The summed E-state index contributed by atoms with van der Waals surface area (Å²) in [4.78, 5) is 60.6. The van der Waals surface area contributed by atoms with Gasteiger partial charge in [-0.1, -0.05) is 50.7 Å². The van der Waals surface area contributed by atoms with Gasteiger partial charge in [-0.05, 0) is 181 Å². The van der Waals surface area contributed by atoms with E-state index >= 15 is 0 Å². The lowest BCUT2D eigenvalue weighted by atomic mass is 9.91. The van der Waals surface area contributed by atoms with Gasteiger partial charge in [0.1, 0.15) is 50.1 Å². The third-order valence-corrected chi connectivity index (χ3v) is 22.3. The molecule has 5 N–H and O–H groups in total. The maximum absolute atomic E-state index is 12.9. The van der Waals surface area contributed by atoms with Gasteiger partial charge in [0, 0.05) is 127 Å². The van der Waals surface area contributed by atoms with Crippen LogP contribution in [0.2, 0.25) is 0 Å². The van der Waals surface area contributed by atoms with Crippen molar-refractivity contribution in [3.8, 4) is 0 Å². The summed E-state index contributed by atoms with van der Waals surface area (Å²) in [6.45, 7) is 6.10. The van der Waals surface area contributed by atoms with Crippen LogP contribution < -0.4 is 31.5 Å². The molecule has 9 aromatic heterocycles. The van der Waals surface area contributed by atoms with Gasteiger partial charge in [0.2, 0.25) is 17.8 Å². The van der Waals surface area contributed by atoms with E-state index in [0.717, 1.165) is 154 Å². The second-order valence-electron chi connectivity index (χ2n) is 27.4. The van der Waals surface area contributed by atoms with E-state index in [1.54, 1.807) is 49.9 Å². The number of anilines is 7. The predicted molar refractivity (Wildman–Crippen MR) is 387 cm³/mol. The van der Waals surface area contributed by atoms with Crippen molar-refractivity contribution >= 4 is 111 Å². The number of nitrogens with one attached hydrogen (secondary N) is 5. The monoisotopic (exact) mass is 1350 g/mol. The van der Waals surface area contributed by atoms with E-state index in [1.807, 2.05) is 53.5 Å². The SMILES string of the molecule is C=S(C)(=O)c1cc2cnc(Nc3ccc(N4CCC(N(C)C)CC4)cn3)nc2n1C1CCCC1.CN(C)C(=O)c1cc2cnc(Nc3ccc(C4=CCNCC4)cn3)nc2n1C1CCCC1.CS(=O)(=O)c1cc2cnc(Nc3ccc(C4CCNCC4)cn3)nc2n1C1CCCC1. The fourth-order valence-corrected chi connectivity index (χ4v) is 16.7. The van der Waals surface area contributed by atoms with Crippen molar-refractivity contribution < 1.29 is 17.4 Å². The molecule has 3 aliphatic heterocycles. The van der Waals surface area contributed by atoms with Crippen molar-refractivity contribution in [3.63, 3.8) is 0 Å². The van der Waals surface area contributed by atoms with Crippen LogP contribution >= 0.6 is 0 Å². The second kappa shape index (κ2) is 29.3. The average molecular weight is 1350 g/mol. The van der Waals surface area contributed by atoms with Gasteiger partial charge in [-0.25, -0.2) is 38.3 Å². The first-order valence-corrected chi connectivity index (χ1v) is 38.5. The molecule has 3 saturated carbocycles. The summed E-state index contributed by atoms with van der Waals surface area (Å²) in [7, 11) is 2.15. The van der Waals surface area contributed by atoms with E-state index in [2.05, 4.69) is 125 Å². The van der Waals surface area contributed by atoms with Gasteiger partial charge in [0.15, 0.2) is 9.84 Å². The number of rotatable bonds is 16. The summed E-state index contributed by atoms with van der Waals surface area (Å²) in [5, 5.41) is 20.0. The Hall–Kier alpha value is -8.43. The zero-order chi connectivity index (χ0) is 67.4. The molecule has 0 bridgehead atoms. The fraction of sp³-hybridized carbons (Fsp3) is 0.479. The summed E-state index contributed by atoms with van der Waals surface area (Å²) in [6, 6.07) is 19.2. The summed E-state index contributed by atoms with van der Waals surface area (Å²) < 4.78 is 43.9. The van der Waals surface area contributed by atoms with Crippen LogP contribution in [0.1, 0.15) is 155 Å².